The van der Waals surface area contributed by atoms with Gasteiger partial charge >= 0.3 is 6.09 Å². The number of aliphatic imine (C=N–C) groups is 1. The SMILES string of the molecule is Nc1nc(Cl)nc2c1N=CC2CCCCOC(=O)NCc1ccc2ncoc2c1. The number of anilines is 1. The van der Waals surface area contributed by atoms with Gasteiger partial charge in [0.2, 0.25) is 5.28 Å². The van der Waals surface area contributed by atoms with Crippen LogP contribution in [0.15, 0.2) is 34.0 Å². The predicted octanol–water partition coefficient (Wildman–Crippen LogP) is 3.75. The number of hydrogen-bond donors (Lipinski definition) is 2. The second-order valence-electron chi connectivity index (χ2n) is 6.64. The van der Waals surface area contributed by atoms with Crippen molar-refractivity contribution >= 4 is 46.5 Å². The molecule has 10 heteroatoms. The summed E-state index contributed by atoms with van der Waals surface area (Å²) in [6.07, 6.45) is 5.13. The fraction of sp³-hybridized carbons (Fsp3) is 0.316. The summed E-state index contributed by atoms with van der Waals surface area (Å²) in [6, 6.07) is 5.57. The van der Waals surface area contributed by atoms with Crippen LogP contribution in [0, 0.1) is 0 Å². The number of benzene rings is 1. The average molecular weight is 415 g/mol. The molecule has 0 saturated heterocycles. The summed E-state index contributed by atoms with van der Waals surface area (Å²) in [6.45, 7) is 0.684. The Morgan fingerprint density at radius 2 is 2.21 bits per heavy atom. The van der Waals surface area contributed by atoms with Crippen LogP contribution in [0.1, 0.15) is 36.4 Å². The van der Waals surface area contributed by atoms with Crippen LogP contribution in [0.25, 0.3) is 11.1 Å². The fourth-order valence-corrected chi connectivity index (χ4v) is 3.35. The van der Waals surface area contributed by atoms with Gasteiger partial charge in [-0.3, -0.25) is 4.99 Å². The minimum absolute atomic E-state index is 0.0487. The molecule has 2 aromatic heterocycles. The highest BCUT2D eigenvalue weighted by molar-refractivity contribution is 6.28. The maximum absolute atomic E-state index is 11.9. The van der Waals surface area contributed by atoms with Crippen LogP contribution in [0.3, 0.4) is 0 Å². The van der Waals surface area contributed by atoms with E-state index in [0.29, 0.717) is 30.2 Å². The summed E-state index contributed by atoms with van der Waals surface area (Å²) in [5, 5.41) is 2.85. The first-order chi connectivity index (χ1) is 14.1. The lowest BCUT2D eigenvalue weighted by molar-refractivity contribution is 0.143. The molecule has 3 heterocycles. The van der Waals surface area contributed by atoms with Crippen molar-refractivity contribution < 1.29 is 13.9 Å². The van der Waals surface area contributed by atoms with Crippen LogP contribution in [-0.4, -0.2) is 33.9 Å². The third-order valence-electron chi connectivity index (χ3n) is 4.62. The van der Waals surface area contributed by atoms with E-state index in [2.05, 4.69) is 25.3 Å². The van der Waals surface area contributed by atoms with Crippen molar-refractivity contribution in [3.05, 3.63) is 41.1 Å². The molecule has 1 aromatic carbocycles. The number of fused-ring (bicyclic) bond motifs is 2. The standard InChI is InChI=1S/C19H19ClN6O3/c20-18-25-15-12(9-22-16(15)17(21)26-18)3-1-2-6-28-19(27)23-8-11-4-5-13-14(7-11)29-10-24-13/h4-5,7,9-10,12H,1-3,6,8H2,(H,23,27)(H2,21,25,26). The van der Waals surface area contributed by atoms with Gasteiger partial charge in [-0.2, -0.15) is 4.98 Å². The first-order valence-electron chi connectivity index (χ1n) is 9.20. The normalized spacial score (nSPS) is 14.9. The Bertz CT molecular complexity index is 1070. The first kappa shape index (κ1) is 19.1. The Kier molecular flexibility index (Phi) is 5.57. The molecule has 0 radical (unpaired) electrons. The van der Waals surface area contributed by atoms with Crippen molar-refractivity contribution in [1.29, 1.82) is 0 Å². The quantitative estimate of drug-likeness (QED) is 0.445. The predicted molar refractivity (Wildman–Crippen MR) is 108 cm³/mol. The number of ether oxygens (including phenoxy) is 1. The topological polar surface area (TPSA) is 129 Å². The van der Waals surface area contributed by atoms with Gasteiger partial charge < -0.3 is 20.2 Å². The number of carbonyl (C=O) groups excluding carboxylic acids is 1. The Hall–Kier alpha value is -3.20. The molecular weight excluding hydrogens is 396 g/mol. The van der Waals surface area contributed by atoms with Crippen molar-refractivity contribution in [3.8, 4) is 0 Å². The minimum Gasteiger partial charge on any atom is -0.450 e. The monoisotopic (exact) mass is 414 g/mol. The molecule has 1 aliphatic rings. The van der Waals surface area contributed by atoms with E-state index < -0.39 is 6.09 Å². The molecule has 1 unspecified atom stereocenters. The summed E-state index contributed by atoms with van der Waals surface area (Å²) in [5.41, 5.74) is 9.54. The maximum Gasteiger partial charge on any atom is 0.407 e. The van der Waals surface area contributed by atoms with Gasteiger partial charge in [0.25, 0.3) is 0 Å². The molecule has 0 aliphatic carbocycles. The van der Waals surface area contributed by atoms with E-state index in [4.69, 9.17) is 26.5 Å². The molecule has 0 fully saturated rings. The lowest BCUT2D eigenvalue weighted by atomic mass is 10.0. The third kappa shape index (κ3) is 4.45. The number of unbranched alkanes of at least 4 members (excludes halogenated alkanes) is 1. The van der Waals surface area contributed by atoms with Gasteiger partial charge in [-0.25, -0.2) is 14.8 Å². The van der Waals surface area contributed by atoms with Gasteiger partial charge in [0.15, 0.2) is 17.8 Å². The number of nitrogens with two attached hydrogens (primary N) is 1. The van der Waals surface area contributed by atoms with Crippen LogP contribution < -0.4 is 11.1 Å². The number of halogens is 1. The Morgan fingerprint density at radius 3 is 3.10 bits per heavy atom. The van der Waals surface area contributed by atoms with E-state index in [9.17, 15) is 4.79 Å². The largest absolute Gasteiger partial charge is 0.450 e. The van der Waals surface area contributed by atoms with Crippen molar-refractivity contribution in [2.75, 3.05) is 12.3 Å². The van der Waals surface area contributed by atoms with Gasteiger partial charge in [-0.05, 0) is 48.6 Å². The van der Waals surface area contributed by atoms with Crippen LogP contribution in [0.4, 0.5) is 16.3 Å². The number of nitrogens with one attached hydrogen (secondary N) is 1. The van der Waals surface area contributed by atoms with Gasteiger partial charge in [0.1, 0.15) is 11.2 Å². The van der Waals surface area contributed by atoms with Crippen LogP contribution in [0.2, 0.25) is 5.28 Å². The lowest BCUT2D eigenvalue weighted by Crippen LogP contribution is -2.24. The van der Waals surface area contributed by atoms with Crippen molar-refractivity contribution in [3.63, 3.8) is 0 Å². The molecule has 1 aliphatic heterocycles. The second kappa shape index (κ2) is 8.44. The van der Waals surface area contributed by atoms with E-state index in [1.54, 1.807) is 0 Å². The Labute approximate surface area is 171 Å². The fourth-order valence-electron chi connectivity index (χ4n) is 3.16. The number of amides is 1. The molecular formula is C19H19ClN6O3. The zero-order valence-electron chi connectivity index (χ0n) is 15.5. The Morgan fingerprint density at radius 1 is 1.31 bits per heavy atom. The Balaban J connectivity index is 1.16. The van der Waals surface area contributed by atoms with E-state index in [1.165, 1.54) is 6.39 Å². The molecule has 1 atom stereocenters. The molecule has 1 amide bonds. The summed E-state index contributed by atoms with van der Waals surface area (Å²) in [5.74, 6) is 0.342. The highest BCUT2D eigenvalue weighted by atomic mass is 35.5. The van der Waals surface area contributed by atoms with Crippen molar-refractivity contribution in [2.24, 2.45) is 4.99 Å². The van der Waals surface area contributed by atoms with Crippen LogP contribution >= 0.6 is 11.6 Å². The molecule has 29 heavy (non-hydrogen) atoms. The number of carbonyl (C=O) groups is 1. The number of alkyl carbamates (subject to hydrolysis) is 1. The molecule has 0 bridgehead atoms. The number of oxazole rings is 1. The molecule has 9 nitrogen and oxygen atoms in total. The van der Waals surface area contributed by atoms with Gasteiger partial charge in [-0.1, -0.05) is 6.07 Å². The van der Waals surface area contributed by atoms with Gasteiger partial charge in [-0.15, -0.1) is 0 Å². The first-order valence-corrected chi connectivity index (χ1v) is 9.58. The molecule has 3 aromatic rings. The average Bonchev–Trinajstić information content (AvgIpc) is 3.32. The number of aromatic nitrogens is 3. The summed E-state index contributed by atoms with van der Waals surface area (Å²) >= 11 is 5.88. The highest BCUT2D eigenvalue weighted by Gasteiger charge is 2.23. The minimum atomic E-state index is -0.456. The van der Waals surface area contributed by atoms with E-state index >= 15 is 0 Å². The number of rotatable bonds is 7. The van der Waals surface area contributed by atoms with E-state index in [-0.39, 0.29) is 11.2 Å². The second-order valence-corrected chi connectivity index (χ2v) is 6.97. The summed E-state index contributed by atoms with van der Waals surface area (Å²) < 4.78 is 10.5. The van der Waals surface area contributed by atoms with Crippen molar-refractivity contribution in [2.45, 2.75) is 31.7 Å². The maximum atomic E-state index is 11.9. The lowest BCUT2D eigenvalue weighted by Gasteiger charge is -2.10. The van der Waals surface area contributed by atoms with Gasteiger partial charge in [0, 0.05) is 18.7 Å². The third-order valence-corrected chi connectivity index (χ3v) is 4.79. The summed E-state index contributed by atoms with van der Waals surface area (Å²) in [4.78, 5) is 28.3. The van der Waals surface area contributed by atoms with Gasteiger partial charge in [0.05, 0.1) is 12.3 Å². The smallest absolute Gasteiger partial charge is 0.407 e. The molecule has 150 valence electrons. The zero-order valence-corrected chi connectivity index (χ0v) is 16.2. The molecule has 4 rings (SSSR count). The molecule has 0 saturated carbocycles. The van der Waals surface area contributed by atoms with Crippen molar-refractivity contribution in [1.82, 2.24) is 20.3 Å². The number of nitrogen functional groups attached to an aromatic ring is 1. The number of nitrogens with zero attached hydrogens (tertiary/aromatic N) is 4. The van der Waals surface area contributed by atoms with E-state index in [1.807, 2.05) is 24.4 Å². The summed E-state index contributed by atoms with van der Waals surface area (Å²) in [7, 11) is 0. The van der Waals surface area contributed by atoms with Crippen LogP contribution in [-0.2, 0) is 11.3 Å². The number of hydrogen-bond acceptors (Lipinski definition) is 8. The molecule has 3 N–H and O–H groups in total. The van der Waals surface area contributed by atoms with Crippen LogP contribution in [0.5, 0.6) is 0 Å². The highest BCUT2D eigenvalue weighted by Crippen LogP contribution is 2.37. The van der Waals surface area contributed by atoms with E-state index in [0.717, 1.165) is 36.0 Å². The molecule has 0 spiro atoms. The zero-order chi connectivity index (χ0) is 20.2.